The molecule has 0 atom stereocenters. The van der Waals surface area contributed by atoms with Crippen LogP contribution in [0.25, 0.3) is 0 Å². The Hall–Kier alpha value is -3.62. The van der Waals surface area contributed by atoms with Gasteiger partial charge in [0.05, 0.1) is 16.7 Å². The van der Waals surface area contributed by atoms with Crippen molar-refractivity contribution >= 4 is 23.5 Å². The summed E-state index contributed by atoms with van der Waals surface area (Å²) in [6.07, 6.45) is 1.42. The largest absolute Gasteiger partial charge is 0.454 e. The number of fused-ring (bicyclic) bond motifs is 1. The molecular formula is C15H12N4O5. The van der Waals surface area contributed by atoms with E-state index in [2.05, 4.69) is 10.5 Å². The van der Waals surface area contributed by atoms with Crippen LogP contribution in [-0.4, -0.2) is 23.8 Å². The van der Waals surface area contributed by atoms with Gasteiger partial charge < -0.3 is 15.2 Å². The first-order chi connectivity index (χ1) is 11.5. The first-order valence-electron chi connectivity index (χ1n) is 6.81. The Morgan fingerprint density at radius 1 is 1.25 bits per heavy atom. The van der Waals surface area contributed by atoms with Gasteiger partial charge in [0, 0.05) is 17.8 Å². The molecule has 0 saturated heterocycles. The molecule has 9 heteroatoms. The highest BCUT2D eigenvalue weighted by Crippen LogP contribution is 2.31. The highest BCUT2D eigenvalue weighted by molar-refractivity contribution is 5.96. The number of benzene rings is 2. The number of rotatable bonds is 4. The molecule has 0 saturated carbocycles. The number of ether oxygens (including phenoxy) is 2. The average molecular weight is 328 g/mol. The van der Waals surface area contributed by atoms with E-state index in [1.807, 2.05) is 0 Å². The van der Waals surface area contributed by atoms with E-state index in [-0.39, 0.29) is 23.7 Å². The Labute approximate surface area is 135 Å². The van der Waals surface area contributed by atoms with Gasteiger partial charge in [-0.2, -0.15) is 5.10 Å². The minimum absolute atomic E-state index is 0.0459. The molecule has 2 aromatic rings. The topological polar surface area (TPSA) is 129 Å². The molecule has 122 valence electrons. The van der Waals surface area contributed by atoms with Crippen LogP contribution in [0.3, 0.4) is 0 Å². The number of carbonyl (C=O) groups excluding carboxylic acids is 1. The SMILES string of the molecule is Nc1cc(C(=O)NN=Cc2ccc3c(c2)OCO3)cc([N+](=O)[O-])c1. The number of nitrogen functional groups attached to an aromatic ring is 1. The van der Waals surface area contributed by atoms with Crippen molar-refractivity contribution in [2.45, 2.75) is 0 Å². The summed E-state index contributed by atoms with van der Waals surface area (Å²) in [5.41, 5.74) is 8.44. The molecule has 24 heavy (non-hydrogen) atoms. The summed E-state index contributed by atoms with van der Waals surface area (Å²) >= 11 is 0. The smallest absolute Gasteiger partial charge is 0.272 e. The van der Waals surface area contributed by atoms with Crippen LogP contribution in [-0.2, 0) is 0 Å². The van der Waals surface area contributed by atoms with E-state index in [1.54, 1.807) is 18.2 Å². The molecule has 0 unspecified atom stereocenters. The highest BCUT2D eigenvalue weighted by Gasteiger charge is 2.14. The summed E-state index contributed by atoms with van der Waals surface area (Å²) in [7, 11) is 0. The number of nitrogens with two attached hydrogens (primary N) is 1. The lowest BCUT2D eigenvalue weighted by molar-refractivity contribution is -0.384. The predicted molar refractivity (Wildman–Crippen MR) is 85.1 cm³/mol. The molecular weight excluding hydrogens is 316 g/mol. The van der Waals surface area contributed by atoms with Crippen molar-refractivity contribution in [1.29, 1.82) is 0 Å². The fraction of sp³-hybridized carbons (Fsp3) is 0.0667. The van der Waals surface area contributed by atoms with E-state index in [4.69, 9.17) is 15.2 Å². The second kappa shape index (κ2) is 6.24. The van der Waals surface area contributed by atoms with Gasteiger partial charge in [-0.25, -0.2) is 5.43 Å². The monoisotopic (exact) mass is 328 g/mol. The van der Waals surface area contributed by atoms with Gasteiger partial charge in [0.2, 0.25) is 6.79 Å². The lowest BCUT2D eigenvalue weighted by atomic mass is 10.1. The molecule has 3 N–H and O–H groups in total. The highest BCUT2D eigenvalue weighted by atomic mass is 16.7. The quantitative estimate of drug-likeness (QED) is 0.380. The van der Waals surface area contributed by atoms with Crippen LogP contribution >= 0.6 is 0 Å². The van der Waals surface area contributed by atoms with Gasteiger partial charge in [-0.3, -0.25) is 14.9 Å². The number of nitrogens with one attached hydrogen (secondary N) is 1. The van der Waals surface area contributed by atoms with Crippen LogP contribution in [0, 0.1) is 10.1 Å². The summed E-state index contributed by atoms with van der Waals surface area (Å²) in [6.45, 7) is 0.168. The molecule has 0 fully saturated rings. The number of hydrogen-bond acceptors (Lipinski definition) is 7. The van der Waals surface area contributed by atoms with Crippen molar-refractivity contribution in [1.82, 2.24) is 5.43 Å². The maximum absolute atomic E-state index is 12.0. The van der Waals surface area contributed by atoms with Crippen LogP contribution in [0.2, 0.25) is 0 Å². The maximum atomic E-state index is 12.0. The zero-order valence-electron chi connectivity index (χ0n) is 12.3. The number of carbonyl (C=O) groups is 1. The van der Waals surface area contributed by atoms with Gasteiger partial charge in [0.25, 0.3) is 11.6 Å². The van der Waals surface area contributed by atoms with Gasteiger partial charge in [0.1, 0.15) is 0 Å². The number of nitro groups is 1. The van der Waals surface area contributed by atoms with E-state index in [9.17, 15) is 14.9 Å². The van der Waals surface area contributed by atoms with Crippen molar-refractivity contribution < 1.29 is 19.2 Å². The van der Waals surface area contributed by atoms with Crippen LogP contribution in [0.1, 0.15) is 15.9 Å². The lowest BCUT2D eigenvalue weighted by Crippen LogP contribution is -2.18. The zero-order chi connectivity index (χ0) is 17.1. The Morgan fingerprint density at radius 3 is 2.83 bits per heavy atom. The Morgan fingerprint density at radius 2 is 2.04 bits per heavy atom. The van der Waals surface area contributed by atoms with Crippen LogP contribution in [0.5, 0.6) is 11.5 Å². The van der Waals surface area contributed by atoms with Crippen molar-refractivity contribution in [2.24, 2.45) is 5.10 Å². The fourth-order valence-electron chi connectivity index (χ4n) is 2.09. The lowest BCUT2D eigenvalue weighted by Gasteiger charge is -2.02. The van der Waals surface area contributed by atoms with Crippen molar-refractivity contribution in [3.63, 3.8) is 0 Å². The number of amides is 1. The zero-order valence-corrected chi connectivity index (χ0v) is 12.3. The van der Waals surface area contributed by atoms with Gasteiger partial charge in [-0.15, -0.1) is 0 Å². The molecule has 0 bridgehead atoms. The molecule has 1 aliphatic rings. The number of nitrogens with zero attached hydrogens (tertiary/aromatic N) is 2. The molecule has 0 spiro atoms. The van der Waals surface area contributed by atoms with Gasteiger partial charge >= 0.3 is 0 Å². The fourth-order valence-corrected chi connectivity index (χ4v) is 2.09. The first-order valence-corrected chi connectivity index (χ1v) is 6.81. The number of hydrogen-bond donors (Lipinski definition) is 2. The Bertz CT molecular complexity index is 850. The minimum Gasteiger partial charge on any atom is -0.454 e. The third-order valence-corrected chi connectivity index (χ3v) is 3.19. The molecule has 0 aromatic heterocycles. The normalized spacial score (nSPS) is 12.3. The summed E-state index contributed by atoms with van der Waals surface area (Å²) in [4.78, 5) is 22.2. The summed E-state index contributed by atoms with van der Waals surface area (Å²) in [5, 5.41) is 14.6. The molecule has 0 aliphatic carbocycles. The second-order valence-electron chi connectivity index (χ2n) is 4.88. The number of nitro benzene ring substituents is 1. The second-order valence-corrected chi connectivity index (χ2v) is 4.88. The van der Waals surface area contributed by atoms with E-state index < -0.39 is 10.8 Å². The van der Waals surface area contributed by atoms with Gasteiger partial charge in [-0.05, 0) is 29.8 Å². The summed E-state index contributed by atoms with van der Waals surface area (Å²) < 4.78 is 10.4. The van der Waals surface area contributed by atoms with Crippen molar-refractivity contribution in [2.75, 3.05) is 12.5 Å². The Balaban J connectivity index is 1.70. The average Bonchev–Trinajstić information content (AvgIpc) is 3.01. The van der Waals surface area contributed by atoms with E-state index in [1.165, 1.54) is 18.3 Å². The van der Waals surface area contributed by atoms with E-state index in [0.29, 0.717) is 17.1 Å². The van der Waals surface area contributed by atoms with Crippen molar-refractivity contribution in [3.8, 4) is 11.5 Å². The maximum Gasteiger partial charge on any atom is 0.272 e. The van der Waals surface area contributed by atoms with Gasteiger partial charge in [0.15, 0.2) is 11.5 Å². The van der Waals surface area contributed by atoms with Crippen LogP contribution in [0.4, 0.5) is 11.4 Å². The summed E-state index contributed by atoms with van der Waals surface area (Å²) in [6, 6.07) is 8.82. The molecule has 2 aromatic carbocycles. The summed E-state index contributed by atoms with van der Waals surface area (Å²) in [5.74, 6) is 0.627. The number of non-ortho nitro benzene ring substituents is 1. The molecule has 3 rings (SSSR count). The van der Waals surface area contributed by atoms with E-state index >= 15 is 0 Å². The molecule has 1 heterocycles. The molecule has 1 amide bonds. The third kappa shape index (κ3) is 3.24. The number of anilines is 1. The molecule has 1 aliphatic heterocycles. The Kier molecular flexibility index (Phi) is 3.98. The van der Waals surface area contributed by atoms with Crippen LogP contribution in [0.15, 0.2) is 41.5 Å². The first kappa shape index (κ1) is 15.3. The third-order valence-electron chi connectivity index (χ3n) is 3.19. The number of hydrazone groups is 1. The van der Waals surface area contributed by atoms with Crippen LogP contribution < -0.4 is 20.6 Å². The minimum atomic E-state index is -0.622. The molecule has 9 nitrogen and oxygen atoms in total. The van der Waals surface area contributed by atoms with E-state index in [0.717, 1.165) is 6.07 Å². The predicted octanol–water partition coefficient (Wildman–Crippen LogP) is 1.67. The van der Waals surface area contributed by atoms with Gasteiger partial charge in [-0.1, -0.05) is 0 Å². The molecule has 0 radical (unpaired) electrons. The standard InChI is InChI=1S/C15H12N4O5/c16-11-4-10(5-12(6-11)19(21)22)15(20)18-17-7-9-1-2-13-14(3-9)24-8-23-13/h1-7H,8,16H2,(H,18,20). The van der Waals surface area contributed by atoms with Crippen molar-refractivity contribution in [3.05, 3.63) is 57.6 Å².